The number of fused-ring (bicyclic) bond motifs is 1. The van der Waals surface area contributed by atoms with Crippen LogP contribution in [-0.2, 0) is 9.53 Å². The van der Waals surface area contributed by atoms with E-state index in [1.165, 1.54) is 15.9 Å². The van der Waals surface area contributed by atoms with Gasteiger partial charge in [-0.1, -0.05) is 17.4 Å². The molecule has 2 heterocycles. The average molecular weight is 679 g/mol. The molecular formula is C29H31IN2O7S. The first-order valence-corrected chi connectivity index (χ1v) is 14.7. The zero-order valence-corrected chi connectivity index (χ0v) is 26.1. The summed E-state index contributed by atoms with van der Waals surface area (Å²) in [5.41, 5.74) is 1.76. The molecule has 2 aromatic carbocycles. The number of methoxy groups -OCH3 is 1. The van der Waals surface area contributed by atoms with E-state index in [1.807, 2.05) is 49.4 Å². The third-order valence-electron chi connectivity index (χ3n) is 6.03. The van der Waals surface area contributed by atoms with E-state index in [0.29, 0.717) is 53.6 Å². The number of halogens is 1. The van der Waals surface area contributed by atoms with Crippen LogP contribution < -0.4 is 29.1 Å². The number of aromatic nitrogens is 1. The molecule has 0 saturated carbocycles. The number of carbonyl (C=O) groups excluding carboxylic acids is 1. The van der Waals surface area contributed by atoms with Gasteiger partial charge in [-0.3, -0.25) is 9.36 Å². The van der Waals surface area contributed by atoms with Crippen LogP contribution in [0.15, 0.2) is 51.4 Å². The summed E-state index contributed by atoms with van der Waals surface area (Å²) in [5, 5.41) is 10.3. The molecule has 11 heteroatoms. The monoisotopic (exact) mass is 678 g/mol. The molecule has 9 nitrogen and oxygen atoms in total. The normalized spacial score (nSPS) is 15.1. The van der Waals surface area contributed by atoms with Crippen LogP contribution in [0, 0.1) is 3.57 Å². The molecule has 0 amide bonds. The second-order valence-electron chi connectivity index (χ2n) is 9.16. The lowest BCUT2D eigenvalue weighted by Crippen LogP contribution is -2.40. The van der Waals surface area contributed by atoms with Crippen molar-refractivity contribution in [1.82, 2.24) is 4.57 Å². The van der Waals surface area contributed by atoms with E-state index >= 15 is 0 Å². The van der Waals surface area contributed by atoms with Crippen LogP contribution in [0.1, 0.15) is 51.8 Å². The van der Waals surface area contributed by atoms with Crippen LogP contribution in [0.4, 0.5) is 0 Å². The number of hydrogen-bond acceptors (Lipinski definition) is 9. The molecule has 1 aliphatic heterocycles. The van der Waals surface area contributed by atoms with Crippen molar-refractivity contribution in [2.45, 2.75) is 46.8 Å². The molecule has 212 valence electrons. The predicted molar refractivity (Wildman–Crippen MR) is 161 cm³/mol. The van der Waals surface area contributed by atoms with Gasteiger partial charge in [0.1, 0.15) is 0 Å². The highest BCUT2D eigenvalue weighted by Crippen LogP contribution is 2.37. The topological polar surface area (TPSA) is 109 Å². The highest BCUT2D eigenvalue weighted by molar-refractivity contribution is 14.1. The van der Waals surface area contributed by atoms with Crippen molar-refractivity contribution in [3.8, 4) is 23.0 Å². The summed E-state index contributed by atoms with van der Waals surface area (Å²) in [4.78, 5) is 32.2. The van der Waals surface area contributed by atoms with Gasteiger partial charge >= 0.3 is 5.97 Å². The van der Waals surface area contributed by atoms with Crippen molar-refractivity contribution in [2.75, 3.05) is 20.3 Å². The van der Waals surface area contributed by atoms with E-state index in [1.54, 1.807) is 51.3 Å². The number of phenols is 1. The van der Waals surface area contributed by atoms with Gasteiger partial charge in [-0.25, -0.2) is 9.79 Å². The number of thiazole rings is 1. The Morgan fingerprint density at radius 1 is 1.18 bits per heavy atom. The number of ether oxygens (including phenoxy) is 4. The van der Waals surface area contributed by atoms with Crippen molar-refractivity contribution < 1.29 is 28.8 Å². The summed E-state index contributed by atoms with van der Waals surface area (Å²) in [5.74, 6) is 0.878. The summed E-state index contributed by atoms with van der Waals surface area (Å²) in [7, 11) is 1.54. The van der Waals surface area contributed by atoms with Crippen LogP contribution in [0.3, 0.4) is 0 Å². The Morgan fingerprint density at radius 3 is 2.58 bits per heavy atom. The second-order valence-corrected chi connectivity index (χ2v) is 11.3. The summed E-state index contributed by atoms with van der Waals surface area (Å²) in [6.07, 6.45) is 1.66. The lowest BCUT2D eigenvalue weighted by molar-refractivity contribution is -0.139. The third kappa shape index (κ3) is 5.90. The molecule has 1 aromatic heterocycles. The minimum absolute atomic E-state index is 0.0506. The molecule has 0 bridgehead atoms. The molecule has 1 atom stereocenters. The second kappa shape index (κ2) is 12.5. The van der Waals surface area contributed by atoms with Gasteiger partial charge in [0.05, 0.1) is 51.8 Å². The van der Waals surface area contributed by atoms with Crippen LogP contribution in [0.2, 0.25) is 0 Å². The minimum Gasteiger partial charge on any atom is -0.504 e. The lowest BCUT2D eigenvalue weighted by atomic mass is 9.95. The summed E-state index contributed by atoms with van der Waals surface area (Å²) in [6.45, 7) is 9.70. The number of nitrogens with zero attached hydrogens (tertiary/aromatic N) is 2. The van der Waals surface area contributed by atoms with Crippen molar-refractivity contribution in [2.24, 2.45) is 4.99 Å². The van der Waals surface area contributed by atoms with Gasteiger partial charge in [0, 0.05) is 0 Å². The highest BCUT2D eigenvalue weighted by Gasteiger charge is 2.34. The molecule has 4 rings (SSSR count). The van der Waals surface area contributed by atoms with Crippen LogP contribution in [-0.4, -0.2) is 42.1 Å². The molecule has 0 radical (unpaired) electrons. The Morgan fingerprint density at radius 2 is 1.93 bits per heavy atom. The summed E-state index contributed by atoms with van der Waals surface area (Å²) in [6, 6.07) is 8.02. The summed E-state index contributed by atoms with van der Waals surface area (Å²) < 4.78 is 24.9. The van der Waals surface area contributed by atoms with Gasteiger partial charge in [-0.05, 0) is 98.7 Å². The van der Waals surface area contributed by atoms with Gasteiger partial charge in [-0.2, -0.15) is 0 Å². The molecule has 0 aliphatic carbocycles. The zero-order valence-electron chi connectivity index (χ0n) is 23.1. The van der Waals surface area contributed by atoms with Crippen LogP contribution >= 0.6 is 33.9 Å². The molecule has 40 heavy (non-hydrogen) atoms. The molecule has 0 saturated heterocycles. The Hall–Kier alpha value is -3.32. The quantitative estimate of drug-likeness (QED) is 0.266. The van der Waals surface area contributed by atoms with Crippen LogP contribution in [0.5, 0.6) is 23.0 Å². The van der Waals surface area contributed by atoms with Crippen molar-refractivity contribution >= 4 is 46.0 Å². The minimum atomic E-state index is -0.793. The predicted octanol–water partition coefficient (Wildman–Crippen LogP) is 4.30. The largest absolute Gasteiger partial charge is 0.504 e. The first kappa shape index (κ1) is 29.7. The van der Waals surface area contributed by atoms with Gasteiger partial charge in [-0.15, -0.1) is 0 Å². The Balaban J connectivity index is 1.94. The number of allylic oxidation sites excluding steroid dienone is 1. The zero-order chi connectivity index (χ0) is 29.1. The summed E-state index contributed by atoms with van der Waals surface area (Å²) >= 11 is 3.24. The van der Waals surface area contributed by atoms with Gasteiger partial charge in [0.25, 0.3) is 5.56 Å². The first-order valence-electron chi connectivity index (χ1n) is 12.8. The number of aromatic hydroxyl groups is 1. The maximum Gasteiger partial charge on any atom is 0.338 e. The van der Waals surface area contributed by atoms with E-state index in [9.17, 15) is 14.7 Å². The number of carbonyl (C=O) groups is 1. The van der Waals surface area contributed by atoms with Gasteiger partial charge in [0.15, 0.2) is 27.8 Å². The molecule has 1 aliphatic rings. The number of benzene rings is 2. The Labute approximate surface area is 249 Å². The first-order chi connectivity index (χ1) is 19.1. The molecule has 3 aromatic rings. The average Bonchev–Trinajstić information content (AvgIpc) is 3.20. The smallest absolute Gasteiger partial charge is 0.338 e. The lowest BCUT2D eigenvalue weighted by Gasteiger charge is -2.25. The number of hydrogen-bond donors (Lipinski definition) is 1. The maximum atomic E-state index is 13.9. The van der Waals surface area contributed by atoms with E-state index < -0.39 is 12.0 Å². The fourth-order valence-corrected chi connectivity index (χ4v) is 6.08. The number of phenolic OH excluding ortho intramolecular Hbond substituents is 1. The van der Waals surface area contributed by atoms with Crippen LogP contribution in [0.25, 0.3) is 6.08 Å². The standard InChI is InChI=1S/C29H31IN2O7S/c1-7-37-22-12-17(11-19(30)26(22)33)13-23-27(34)32-25(18-9-10-20(39-15(3)4)21(14-18)36-6)24(28(35)38-8-2)16(5)31-29(32)40-23/h9-15,25,33H,7-8H2,1-6H3/b23-13+/t25-/m1/s1. The van der Waals surface area contributed by atoms with E-state index in [0.717, 1.165) is 0 Å². The van der Waals surface area contributed by atoms with Crippen molar-refractivity contribution in [1.29, 1.82) is 0 Å². The van der Waals surface area contributed by atoms with Gasteiger partial charge in [0.2, 0.25) is 0 Å². The number of esters is 1. The molecule has 1 N–H and O–H groups in total. The third-order valence-corrected chi connectivity index (χ3v) is 7.84. The van der Waals surface area contributed by atoms with E-state index in [-0.39, 0.29) is 29.6 Å². The van der Waals surface area contributed by atoms with Gasteiger partial charge < -0.3 is 24.1 Å². The maximum absolute atomic E-state index is 13.9. The van der Waals surface area contributed by atoms with Crippen molar-refractivity contribution in [3.63, 3.8) is 0 Å². The fourth-order valence-electron chi connectivity index (χ4n) is 4.41. The number of rotatable bonds is 9. The SMILES string of the molecule is CCOC(=O)C1=C(C)N=c2s/c(=C/c3cc(I)c(O)c(OCC)c3)c(=O)n2[C@@H]1c1ccc(OC(C)C)c(OC)c1. The Kier molecular flexibility index (Phi) is 9.24. The Bertz CT molecular complexity index is 1660. The van der Waals surface area contributed by atoms with E-state index in [2.05, 4.69) is 4.99 Å². The van der Waals surface area contributed by atoms with E-state index in [4.69, 9.17) is 18.9 Å². The molecular weight excluding hydrogens is 647 g/mol. The fraction of sp³-hybridized carbons (Fsp3) is 0.345. The molecule has 0 fully saturated rings. The highest BCUT2D eigenvalue weighted by atomic mass is 127. The molecule has 0 unspecified atom stereocenters. The van der Waals surface area contributed by atoms with Crippen molar-refractivity contribution in [3.05, 3.63) is 76.0 Å². The molecule has 0 spiro atoms.